The number of aliphatic carboxylic acids is 1. The van der Waals surface area contributed by atoms with Gasteiger partial charge in [-0.25, -0.2) is 13.1 Å². The van der Waals surface area contributed by atoms with Crippen LogP contribution < -0.4 is 4.72 Å². The summed E-state index contributed by atoms with van der Waals surface area (Å²) >= 11 is 0. The Bertz CT molecular complexity index is 648. The van der Waals surface area contributed by atoms with Crippen molar-refractivity contribution in [2.45, 2.75) is 44.4 Å². The number of carboxylic acid groups (broad SMARTS) is 1. The van der Waals surface area contributed by atoms with Gasteiger partial charge in [-0.2, -0.15) is 0 Å². The lowest BCUT2D eigenvalue weighted by molar-refractivity contribution is -0.141. The second-order valence-corrected chi connectivity index (χ2v) is 7.76. The normalized spacial score (nSPS) is 17.2. The highest BCUT2D eigenvalue weighted by atomic mass is 32.2. The molecule has 1 aromatic rings. The van der Waals surface area contributed by atoms with Gasteiger partial charge in [-0.15, -0.1) is 0 Å². The Labute approximate surface area is 125 Å². The van der Waals surface area contributed by atoms with E-state index in [4.69, 9.17) is 5.11 Å². The molecule has 6 heteroatoms. The van der Waals surface area contributed by atoms with E-state index in [9.17, 15) is 13.2 Å². The lowest BCUT2D eigenvalue weighted by atomic mass is 9.67. The van der Waals surface area contributed by atoms with Gasteiger partial charge >= 0.3 is 5.97 Å². The summed E-state index contributed by atoms with van der Waals surface area (Å²) in [5.41, 5.74) is 1.54. The van der Waals surface area contributed by atoms with E-state index in [0.717, 1.165) is 30.4 Å². The summed E-state index contributed by atoms with van der Waals surface area (Å²) in [4.78, 5) is 11.1. The van der Waals surface area contributed by atoms with Crippen LogP contribution in [0.2, 0.25) is 0 Å². The van der Waals surface area contributed by atoms with Crippen molar-refractivity contribution < 1.29 is 18.3 Å². The van der Waals surface area contributed by atoms with Crippen molar-refractivity contribution in [2.75, 3.05) is 6.54 Å². The van der Waals surface area contributed by atoms with Gasteiger partial charge in [0.05, 0.1) is 11.3 Å². The molecule has 2 rings (SSSR count). The maximum atomic E-state index is 12.3. The van der Waals surface area contributed by atoms with Gasteiger partial charge in [0.1, 0.15) is 0 Å². The first-order chi connectivity index (χ1) is 9.74. The first-order valence-corrected chi connectivity index (χ1v) is 8.51. The van der Waals surface area contributed by atoms with Crippen molar-refractivity contribution in [1.82, 2.24) is 4.72 Å². The first kappa shape index (κ1) is 16.0. The Hall–Kier alpha value is -1.40. The molecule has 0 bridgehead atoms. The zero-order valence-electron chi connectivity index (χ0n) is 12.3. The molecular formula is C15H21NO4S. The summed E-state index contributed by atoms with van der Waals surface area (Å²) < 4.78 is 27.2. The molecule has 0 radical (unpaired) electrons. The van der Waals surface area contributed by atoms with Gasteiger partial charge in [0.2, 0.25) is 10.0 Å². The number of carboxylic acids is 1. The number of nitrogens with one attached hydrogen (secondary N) is 1. The number of hydrogen-bond donors (Lipinski definition) is 2. The molecule has 116 valence electrons. The van der Waals surface area contributed by atoms with Crippen LogP contribution in [-0.4, -0.2) is 26.0 Å². The number of hydrogen-bond acceptors (Lipinski definition) is 3. The van der Waals surface area contributed by atoms with E-state index < -0.39 is 21.4 Å². The van der Waals surface area contributed by atoms with Gasteiger partial charge in [0, 0.05) is 6.54 Å². The van der Waals surface area contributed by atoms with Gasteiger partial charge in [0.15, 0.2) is 0 Å². The first-order valence-electron chi connectivity index (χ1n) is 7.03. The molecule has 21 heavy (non-hydrogen) atoms. The van der Waals surface area contributed by atoms with Crippen molar-refractivity contribution in [3.63, 3.8) is 0 Å². The van der Waals surface area contributed by atoms with Crippen molar-refractivity contribution in [3.8, 4) is 0 Å². The molecule has 1 aromatic carbocycles. The van der Waals surface area contributed by atoms with E-state index in [1.807, 2.05) is 13.8 Å². The highest BCUT2D eigenvalue weighted by Crippen LogP contribution is 2.43. The van der Waals surface area contributed by atoms with Crippen molar-refractivity contribution >= 4 is 16.0 Å². The van der Waals surface area contributed by atoms with E-state index in [-0.39, 0.29) is 17.9 Å². The van der Waals surface area contributed by atoms with Gasteiger partial charge in [0.25, 0.3) is 0 Å². The minimum absolute atomic E-state index is 0.0163. The molecule has 0 amide bonds. The zero-order chi connectivity index (χ0) is 15.7. The summed E-state index contributed by atoms with van der Waals surface area (Å²) in [5, 5.41) is 8.95. The molecule has 0 heterocycles. The summed E-state index contributed by atoms with van der Waals surface area (Å²) in [6, 6.07) is 5.00. The van der Waals surface area contributed by atoms with Crippen molar-refractivity contribution in [3.05, 3.63) is 29.3 Å². The van der Waals surface area contributed by atoms with E-state index in [1.165, 1.54) is 0 Å². The predicted molar refractivity (Wildman–Crippen MR) is 79.6 cm³/mol. The van der Waals surface area contributed by atoms with Crippen LogP contribution in [0.5, 0.6) is 0 Å². The van der Waals surface area contributed by atoms with Gasteiger partial charge in [-0.05, 0) is 55.4 Å². The number of rotatable bonds is 6. The van der Waals surface area contributed by atoms with E-state index >= 15 is 0 Å². The Morgan fingerprint density at radius 2 is 1.95 bits per heavy atom. The molecule has 1 saturated carbocycles. The van der Waals surface area contributed by atoms with E-state index in [1.54, 1.807) is 18.2 Å². The minimum atomic E-state index is -3.59. The average Bonchev–Trinajstić information content (AvgIpc) is 2.35. The molecule has 0 atom stereocenters. The monoisotopic (exact) mass is 311 g/mol. The minimum Gasteiger partial charge on any atom is -0.481 e. The summed E-state index contributed by atoms with van der Waals surface area (Å²) in [7, 11) is -3.59. The van der Waals surface area contributed by atoms with Crippen LogP contribution >= 0.6 is 0 Å². The lowest BCUT2D eigenvalue weighted by Gasteiger charge is -2.40. The smallest absolute Gasteiger partial charge is 0.303 e. The molecule has 2 N–H and O–H groups in total. The van der Waals surface area contributed by atoms with Crippen LogP contribution in [0.25, 0.3) is 0 Å². The third kappa shape index (κ3) is 3.63. The van der Waals surface area contributed by atoms with Gasteiger partial charge in [-0.1, -0.05) is 12.5 Å². The third-order valence-electron chi connectivity index (χ3n) is 4.37. The highest BCUT2D eigenvalue weighted by Gasteiger charge is 2.39. The van der Waals surface area contributed by atoms with E-state index in [0.29, 0.717) is 0 Å². The molecule has 1 aliphatic carbocycles. The Morgan fingerprint density at radius 1 is 1.29 bits per heavy atom. The van der Waals surface area contributed by atoms with Crippen LogP contribution in [0.4, 0.5) is 0 Å². The van der Waals surface area contributed by atoms with Crippen molar-refractivity contribution in [2.24, 2.45) is 5.41 Å². The van der Waals surface area contributed by atoms with Gasteiger partial charge < -0.3 is 5.11 Å². The molecule has 0 aromatic heterocycles. The number of sulfonamides is 1. The molecule has 0 saturated heterocycles. The second kappa shape index (κ2) is 5.77. The van der Waals surface area contributed by atoms with Crippen LogP contribution in [0, 0.1) is 19.3 Å². The van der Waals surface area contributed by atoms with Crippen LogP contribution in [0.1, 0.15) is 36.8 Å². The topological polar surface area (TPSA) is 83.5 Å². The molecule has 1 aliphatic rings. The summed E-state index contributed by atoms with van der Waals surface area (Å²) in [6.45, 7) is 3.98. The Balaban J connectivity index is 2.10. The molecule has 0 aliphatic heterocycles. The number of carbonyl (C=O) groups is 1. The SMILES string of the molecule is Cc1ccc(S(=O)(=O)NCC2(CC(=O)O)CCC2)cc1C. The standard InChI is InChI=1S/C15H21NO4S/c1-11-4-5-13(8-12(11)2)21(19,20)16-10-15(6-3-7-15)9-14(17)18/h4-5,8,16H,3,6-7,9-10H2,1-2H3,(H,17,18). The zero-order valence-corrected chi connectivity index (χ0v) is 13.2. The largest absolute Gasteiger partial charge is 0.481 e. The highest BCUT2D eigenvalue weighted by molar-refractivity contribution is 7.89. The fraction of sp³-hybridized carbons (Fsp3) is 0.533. The number of aryl methyl sites for hydroxylation is 2. The summed E-state index contributed by atoms with van der Waals surface area (Å²) in [5.74, 6) is -0.875. The molecule has 1 fully saturated rings. The maximum absolute atomic E-state index is 12.3. The molecular weight excluding hydrogens is 290 g/mol. The fourth-order valence-electron chi connectivity index (χ4n) is 2.63. The molecule has 5 nitrogen and oxygen atoms in total. The molecule has 0 unspecified atom stereocenters. The summed E-state index contributed by atoms with van der Waals surface area (Å²) in [6.07, 6.45) is 2.49. The number of benzene rings is 1. The maximum Gasteiger partial charge on any atom is 0.303 e. The predicted octanol–water partition coefficient (Wildman–Crippen LogP) is 2.23. The Kier molecular flexibility index (Phi) is 4.39. The Morgan fingerprint density at radius 3 is 2.43 bits per heavy atom. The van der Waals surface area contributed by atoms with Crippen LogP contribution in [-0.2, 0) is 14.8 Å². The third-order valence-corrected chi connectivity index (χ3v) is 5.77. The molecule has 0 spiro atoms. The van der Waals surface area contributed by atoms with Gasteiger partial charge in [-0.3, -0.25) is 4.79 Å². The van der Waals surface area contributed by atoms with Crippen LogP contribution in [0.3, 0.4) is 0 Å². The van der Waals surface area contributed by atoms with Crippen LogP contribution in [0.15, 0.2) is 23.1 Å². The fourth-order valence-corrected chi connectivity index (χ4v) is 3.87. The second-order valence-electron chi connectivity index (χ2n) is 5.99. The quantitative estimate of drug-likeness (QED) is 0.844. The van der Waals surface area contributed by atoms with E-state index in [2.05, 4.69) is 4.72 Å². The van der Waals surface area contributed by atoms with Crippen molar-refractivity contribution in [1.29, 1.82) is 0 Å². The lowest BCUT2D eigenvalue weighted by Crippen LogP contribution is -2.43. The average molecular weight is 311 g/mol.